The lowest BCUT2D eigenvalue weighted by molar-refractivity contribution is -0.123. The molecule has 3 amide bonds. The highest BCUT2D eigenvalue weighted by atomic mass is 35.5. The molecular weight excluding hydrogens is 508 g/mol. The fraction of sp³-hybridized carbons (Fsp3) is 0.296. The molecular formula is C27H25ClN6O4. The monoisotopic (exact) mass is 532 g/mol. The smallest absolute Gasteiger partial charge is 0.326 e. The van der Waals surface area contributed by atoms with Gasteiger partial charge in [-0.15, -0.1) is 0 Å². The summed E-state index contributed by atoms with van der Waals surface area (Å²) in [4.78, 5) is 34.4. The summed E-state index contributed by atoms with van der Waals surface area (Å²) in [6, 6.07) is 14.4. The number of nitrogens with zero attached hydrogens (tertiary/aromatic N) is 5. The maximum atomic E-state index is 14.1. The Bertz CT molecular complexity index is 1410. The SMILES string of the molecule is CC(C)Oc1cc(C#N)ccc1C1=N[C@@H](c2ccc(Cl)cc2)[C@@H](c2ccon2)N1C(=O)N1CCNC(=O)C1. The molecule has 3 heterocycles. The second-order valence-corrected chi connectivity index (χ2v) is 9.67. The largest absolute Gasteiger partial charge is 0.490 e. The summed E-state index contributed by atoms with van der Waals surface area (Å²) in [6.07, 6.45) is 1.25. The first-order valence-corrected chi connectivity index (χ1v) is 12.5. The molecule has 2 atom stereocenters. The van der Waals surface area contributed by atoms with Crippen molar-refractivity contribution >= 4 is 29.4 Å². The number of ether oxygens (including phenoxy) is 1. The van der Waals surface area contributed by atoms with Crippen LogP contribution in [-0.4, -0.2) is 58.5 Å². The number of aliphatic imine (C=N–C) groups is 1. The fourth-order valence-electron chi connectivity index (χ4n) is 4.61. The minimum atomic E-state index is -0.676. The van der Waals surface area contributed by atoms with Crippen molar-refractivity contribution in [1.82, 2.24) is 20.3 Å². The predicted molar refractivity (Wildman–Crippen MR) is 139 cm³/mol. The zero-order chi connectivity index (χ0) is 26.8. The van der Waals surface area contributed by atoms with Crippen molar-refractivity contribution in [3.05, 3.63) is 82.2 Å². The highest BCUT2D eigenvalue weighted by Crippen LogP contribution is 2.45. The predicted octanol–water partition coefficient (Wildman–Crippen LogP) is 4.08. The number of amidine groups is 1. The van der Waals surface area contributed by atoms with Gasteiger partial charge in [-0.25, -0.2) is 4.79 Å². The summed E-state index contributed by atoms with van der Waals surface area (Å²) in [5, 5.41) is 17.0. The number of rotatable bonds is 5. The number of hydrogen-bond donors (Lipinski definition) is 1. The second kappa shape index (κ2) is 10.6. The van der Waals surface area contributed by atoms with Gasteiger partial charge in [-0.1, -0.05) is 28.9 Å². The summed E-state index contributed by atoms with van der Waals surface area (Å²) >= 11 is 6.16. The van der Waals surface area contributed by atoms with Crippen molar-refractivity contribution in [1.29, 1.82) is 5.26 Å². The number of halogens is 1. The Morgan fingerprint density at radius 3 is 2.68 bits per heavy atom. The van der Waals surface area contributed by atoms with Gasteiger partial charge >= 0.3 is 6.03 Å². The Balaban J connectivity index is 1.69. The summed E-state index contributed by atoms with van der Waals surface area (Å²) in [7, 11) is 0. The zero-order valence-electron chi connectivity index (χ0n) is 20.8. The molecule has 10 nitrogen and oxygen atoms in total. The van der Waals surface area contributed by atoms with Crippen molar-refractivity contribution in [2.24, 2.45) is 4.99 Å². The molecule has 0 unspecified atom stereocenters. The minimum absolute atomic E-state index is 0.0809. The lowest BCUT2D eigenvalue weighted by Gasteiger charge is -2.34. The lowest BCUT2D eigenvalue weighted by atomic mass is 9.97. The maximum Gasteiger partial charge on any atom is 0.326 e. The van der Waals surface area contributed by atoms with Gasteiger partial charge < -0.3 is 19.5 Å². The van der Waals surface area contributed by atoms with Gasteiger partial charge in [-0.05, 0) is 49.7 Å². The van der Waals surface area contributed by atoms with Crippen LogP contribution in [0.3, 0.4) is 0 Å². The highest BCUT2D eigenvalue weighted by Gasteiger charge is 2.46. The van der Waals surface area contributed by atoms with E-state index in [1.54, 1.807) is 41.3 Å². The Labute approximate surface area is 224 Å². The zero-order valence-corrected chi connectivity index (χ0v) is 21.6. The molecule has 1 fully saturated rings. The van der Waals surface area contributed by atoms with E-state index in [1.165, 1.54) is 11.2 Å². The number of nitriles is 1. The van der Waals surface area contributed by atoms with Crippen LogP contribution in [0.1, 0.15) is 48.3 Å². The van der Waals surface area contributed by atoms with Gasteiger partial charge in [0.05, 0.1) is 23.3 Å². The molecule has 3 aromatic rings. The number of piperazine rings is 1. The number of benzene rings is 2. The topological polar surface area (TPSA) is 124 Å². The molecule has 0 aliphatic carbocycles. The molecule has 0 bridgehead atoms. The van der Waals surface area contributed by atoms with Crippen LogP contribution >= 0.6 is 11.6 Å². The summed E-state index contributed by atoms with van der Waals surface area (Å²) in [5.74, 6) is 0.522. The Kier molecular flexibility index (Phi) is 7.03. The molecule has 1 aromatic heterocycles. The van der Waals surface area contributed by atoms with Crippen LogP contribution in [-0.2, 0) is 4.79 Å². The first-order chi connectivity index (χ1) is 18.4. The van der Waals surface area contributed by atoms with Gasteiger partial charge in [-0.3, -0.25) is 14.7 Å². The van der Waals surface area contributed by atoms with E-state index < -0.39 is 18.1 Å². The molecule has 11 heteroatoms. The van der Waals surface area contributed by atoms with E-state index in [0.29, 0.717) is 46.5 Å². The quantitative estimate of drug-likeness (QED) is 0.528. The van der Waals surface area contributed by atoms with Crippen LogP contribution in [0.4, 0.5) is 4.79 Å². The lowest BCUT2D eigenvalue weighted by Crippen LogP contribution is -2.55. The summed E-state index contributed by atoms with van der Waals surface area (Å²) in [5.41, 5.74) is 2.26. The number of aromatic nitrogens is 1. The van der Waals surface area contributed by atoms with Crippen LogP contribution in [0.25, 0.3) is 0 Å². The van der Waals surface area contributed by atoms with E-state index in [-0.39, 0.29) is 18.6 Å². The molecule has 1 saturated heterocycles. The third-order valence-electron chi connectivity index (χ3n) is 6.27. The molecule has 1 N–H and O–H groups in total. The first-order valence-electron chi connectivity index (χ1n) is 12.1. The number of amides is 3. The number of carbonyl (C=O) groups excluding carboxylic acids is 2. The van der Waals surface area contributed by atoms with E-state index in [0.717, 1.165) is 5.56 Å². The van der Waals surface area contributed by atoms with Gasteiger partial charge in [0, 0.05) is 24.2 Å². The summed E-state index contributed by atoms with van der Waals surface area (Å²) in [6.45, 7) is 4.36. The van der Waals surface area contributed by atoms with E-state index in [1.807, 2.05) is 26.0 Å². The van der Waals surface area contributed by atoms with E-state index in [4.69, 9.17) is 25.9 Å². The van der Waals surface area contributed by atoms with E-state index in [2.05, 4.69) is 16.5 Å². The van der Waals surface area contributed by atoms with Crippen LogP contribution in [0.5, 0.6) is 5.75 Å². The normalized spacial score (nSPS) is 19.2. The third kappa shape index (κ3) is 4.93. The molecule has 2 aliphatic rings. The highest BCUT2D eigenvalue weighted by molar-refractivity contribution is 6.30. The molecule has 2 aliphatic heterocycles. The summed E-state index contributed by atoms with van der Waals surface area (Å²) < 4.78 is 11.2. The van der Waals surface area contributed by atoms with Gasteiger partial charge in [-0.2, -0.15) is 5.26 Å². The molecule has 0 saturated carbocycles. The van der Waals surface area contributed by atoms with Gasteiger partial charge in [0.15, 0.2) is 0 Å². The van der Waals surface area contributed by atoms with Crippen molar-refractivity contribution in [2.45, 2.75) is 32.0 Å². The van der Waals surface area contributed by atoms with Gasteiger partial charge in [0.1, 0.15) is 42.2 Å². The number of carbonyl (C=O) groups is 2. The van der Waals surface area contributed by atoms with Gasteiger partial charge in [0.2, 0.25) is 5.91 Å². The third-order valence-corrected chi connectivity index (χ3v) is 6.52. The van der Waals surface area contributed by atoms with E-state index in [9.17, 15) is 14.9 Å². The van der Waals surface area contributed by atoms with Crippen LogP contribution in [0, 0.1) is 11.3 Å². The number of nitrogens with one attached hydrogen (secondary N) is 1. The van der Waals surface area contributed by atoms with Crippen molar-refractivity contribution in [3.8, 4) is 11.8 Å². The molecule has 0 radical (unpaired) electrons. The van der Waals surface area contributed by atoms with E-state index >= 15 is 0 Å². The van der Waals surface area contributed by atoms with Crippen LogP contribution in [0.2, 0.25) is 5.02 Å². The van der Waals surface area contributed by atoms with Crippen LogP contribution in [0.15, 0.2) is 64.3 Å². The fourth-order valence-corrected chi connectivity index (χ4v) is 4.74. The molecule has 194 valence electrons. The molecule has 5 rings (SSSR count). The van der Waals surface area contributed by atoms with Gasteiger partial charge in [0.25, 0.3) is 0 Å². The Morgan fingerprint density at radius 1 is 1.24 bits per heavy atom. The average Bonchev–Trinajstić information content (AvgIpc) is 3.56. The number of urea groups is 1. The standard InChI is InChI=1S/C27H25ClN6O4/c1-16(2)38-22-13-17(14-29)3-8-20(22)26-31-24(18-4-6-19(28)7-5-18)25(21-9-12-37-32-21)34(26)27(36)33-11-10-30-23(35)15-33/h3-9,12-13,16,24-25H,10-11,15H2,1-2H3,(H,30,35)/t24-,25+/m0/s1. The molecule has 2 aromatic carbocycles. The minimum Gasteiger partial charge on any atom is -0.490 e. The molecule has 0 spiro atoms. The van der Waals surface area contributed by atoms with Crippen molar-refractivity contribution in [2.75, 3.05) is 19.6 Å². The number of hydrogen-bond acceptors (Lipinski definition) is 7. The molecule has 38 heavy (non-hydrogen) atoms. The van der Waals surface area contributed by atoms with Crippen LogP contribution < -0.4 is 10.1 Å². The second-order valence-electron chi connectivity index (χ2n) is 9.23. The van der Waals surface area contributed by atoms with Crippen molar-refractivity contribution in [3.63, 3.8) is 0 Å². The Morgan fingerprint density at radius 2 is 2.03 bits per heavy atom. The average molecular weight is 533 g/mol. The maximum absolute atomic E-state index is 14.1. The van der Waals surface area contributed by atoms with Crippen molar-refractivity contribution < 1.29 is 18.8 Å². The Hall–Kier alpha value is -4.36. The first kappa shape index (κ1) is 25.3.